The highest BCUT2D eigenvalue weighted by molar-refractivity contribution is 5.72. The van der Waals surface area contributed by atoms with Crippen LogP contribution < -0.4 is 0 Å². The molecule has 2 nitrogen and oxygen atoms in total. The molecule has 0 saturated carbocycles. The standard InChI is InChI=1S/C32H29F3O2/c1-2-3-29(36)24-13-10-22(11-14-24)27-17-16-26(31(34)32(27)35)21-7-4-20(5-8-21)6-9-23-12-15-25(18-28(23)33)30-19-37-30/h4-5,7-8,10-18,29-30,36H,2-3,6,9,19H2,1H3. The molecule has 5 heteroatoms. The van der Waals surface area contributed by atoms with Gasteiger partial charge in [-0.1, -0.05) is 86.1 Å². The number of benzene rings is 4. The number of halogens is 3. The Morgan fingerprint density at radius 1 is 0.811 bits per heavy atom. The highest BCUT2D eigenvalue weighted by atomic mass is 19.2. The fraction of sp³-hybridized carbons (Fsp3) is 0.250. The minimum absolute atomic E-state index is 0.0283. The van der Waals surface area contributed by atoms with Crippen LogP contribution in [0.3, 0.4) is 0 Å². The number of rotatable bonds is 9. The molecule has 1 saturated heterocycles. The topological polar surface area (TPSA) is 32.8 Å². The number of hydrogen-bond acceptors (Lipinski definition) is 2. The fourth-order valence-electron chi connectivity index (χ4n) is 4.66. The lowest BCUT2D eigenvalue weighted by molar-refractivity contribution is 0.166. The highest BCUT2D eigenvalue weighted by Gasteiger charge is 2.25. The zero-order valence-electron chi connectivity index (χ0n) is 20.7. The van der Waals surface area contributed by atoms with E-state index >= 15 is 8.78 Å². The van der Waals surface area contributed by atoms with E-state index in [9.17, 15) is 9.50 Å². The molecular formula is C32H29F3O2. The third-order valence-electron chi connectivity index (χ3n) is 6.98. The molecule has 0 radical (unpaired) electrons. The third-order valence-corrected chi connectivity index (χ3v) is 6.98. The lowest BCUT2D eigenvalue weighted by Gasteiger charge is -2.12. The summed E-state index contributed by atoms with van der Waals surface area (Å²) < 4.78 is 49.7. The Balaban J connectivity index is 1.28. The Bertz CT molecular complexity index is 1380. The van der Waals surface area contributed by atoms with Gasteiger partial charge in [-0.3, -0.25) is 0 Å². The SMILES string of the molecule is CCCC(O)c1ccc(-c2ccc(-c3ccc(CCc4ccc(C5CO5)cc4F)cc3)c(F)c2F)cc1. The van der Waals surface area contributed by atoms with Crippen molar-refractivity contribution >= 4 is 0 Å². The van der Waals surface area contributed by atoms with Crippen molar-refractivity contribution in [2.45, 2.75) is 44.8 Å². The molecule has 1 aliphatic rings. The molecular weight excluding hydrogens is 473 g/mol. The maximum atomic E-state index is 15.1. The van der Waals surface area contributed by atoms with Crippen LogP contribution in [0.4, 0.5) is 13.2 Å². The Hall–Kier alpha value is -3.41. The first kappa shape index (κ1) is 25.2. The monoisotopic (exact) mass is 502 g/mol. The second kappa shape index (κ2) is 10.9. The maximum Gasteiger partial charge on any atom is 0.167 e. The van der Waals surface area contributed by atoms with Crippen LogP contribution in [0, 0.1) is 17.5 Å². The zero-order valence-corrected chi connectivity index (χ0v) is 20.7. The summed E-state index contributed by atoms with van der Waals surface area (Å²) in [6.45, 7) is 2.65. The van der Waals surface area contributed by atoms with Crippen molar-refractivity contribution in [2.24, 2.45) is 0 Å². The van der Waals surface area contributed by atoms with Crippen molar-refractivity contribution in [1.82, 2.24) is 0 Å². The molecule has 1 aliphatic heterocycles. The molecule has 2 unspecified atom stereocenters. The van der Waals surface area contributed by atoms with Gasteiger partial charge >= 0.3 is 0 Å². The van der Waals surface area contributed by atoms with E-state index in [1.54, 1.807) is 60.7 Å². The molecule has 0 aliphatic carbocycles. The molecule has 0 amide bonds. The van der Waals surface area contributed by atoms with Crippen LogP contribution in [0.2, 0.25) is 0 Å². The van der Waals surface area contributed by atoms with Crippen LogP contribution in [-0.4, -0.2) is 11.7 Å². The summed E-state index contributed by atoms with van der Waals surface area (Å²) in [6, 6.07) is 22.6. The molecule has 0 aromatic heterocycles. The van der Waals surface area contributed by atoms with Gasteiger partial charge in [-0.25, -0.2) is 13.2 Å². The van der Waals surface area contributed by atoms with E-state index in [0.29, 0.717) is 42.6 Å². The summed E-state index contributed by atoms with van der Waals surface area (Å²) in [7, 11) is 0. The molecule has 1 fully saturated rings. The van der Waals surface area contributed by atoms with E-state index in [0.717, 1.165) is 23.1 Å². The molecule has 0 spiro atoms. The Labute approximate surface area is 215 Å². The Morgan fingerprint density at radius 3 is 1.95 bits per heavy atom. The van der Waals surface area contributed by atoms with Gasteiger partial charge in [0.05, 0.1) is 12.7 Å². The van der Waals surface area contributed by atoms with E-state index in [4.69, 9.17) is 4.74 Å². The highest BCUT2D eigenvalue weighted by Crippen LogP contribution is 2.33. The molecule has 37 heavy (non-hydrogen) atoms. The van der Waals surface area contributed by atoms with Crippen molar-refractivity contribution < 1.29 is 23.0 Å². The number of epoxide rings is 1. The number of aliphatic hydroxyl groups is 1. The van der Waals surface area contributed by atoms with E-state index < -0.39 is 17.7 Å². The van der Waals surface area contributed by atoms with Crippen LogP contribution in [0.15, 0.2) is 78.9 Å². The van der Waals surface area contributed by atoms with Gasteiger partial charge in [-0.05, 0) is 58.7 Å². The van der Waals surface area contributed by atoms with Crippen molar-refractivity contribution in [1.29, 1.82) is 0 Å². The quantitative estimate of drug-likeness (QED) is 0.234. The molecule has 2 atom stereocenters. The predicted octanol–water partition coefficient (Wildman–Crippen LogP) is 8.13. The first-order valence-corrected chi connectivity index (χ1v) is 12.7. The first-order chi connectivity index (χ1) is 17.9. The van der Waals surface area contributed by atoms with Gasteiger partial charge in [0.15, 0.2) is 11.6 Å². The molecule has 1 N–H and O–H groups in total. The summed E-state index contributed by atoms with van der Waals surface area (Å²) in [5.74, 6) is -2.03. The van der Waals surface area contributed by atoms with E-state index in [1.165, 1.54) is 0 Å². The number of ether oxygens (including phenoxy) is 1. The molecule has 1 heterocycles. The van der Waals surface area contributed by atoms with E-state index in [-0.39, 0.29) is 23.0 Å². The Morgan fingerprint density at radius 2 is 1.41 bits per heavy atom. The van der Waals surface area contributed by atoms with Crippen LogP contribution in [0.1, 0.15) is 54.2 Å². The number of aryl methyl sites for hydroxylation is 2. The average Bonchev–Trinajstić information content (AvgIpc) is 3.76. The van der Waals surface area contributed by atoms with Gasteiger partial charge in [0.25, 0.3) is 0 Å². The van der Waals surface area contributed by atoms with Crippen molar-refractivity contribution in [3.8, 4) is 22.3 Å². The summed E-state index contributed by atoms with van der Waals surface area (Å²) >= 11 is 0. The summed E-state index contributed by atoms with van der Waals surface area (Å²) in [6.07, 6.45) is 2.15. The smallest absolute Gasteiger partial charge is 0.167 e. The summed E-state index contributed by atoms with van der Waals surface area (Å²) in [5.41, 5.74) is 4.75. The minimum Gasteiger partial charge on any atom is -0.388 e. The number of hydrogen-bond donors (Lipinski definition) is 1. The molecule has 5 rings (SSSR count). The van der Waals surface area contributed by atoms with Crippen LogP contribution >= 0.6 is 0 Å². The number of aliphatic hydroxyl groups excluding tert-OH is 1. The molecule has 0 bridgehead atoms. The van der Waals surface area contributed by atoms with Gasteiger partial charge < -0.3 is 9.84 Å². The lowest BCUT2D eigenvalue weighted by Crippen LogP contribution is -1.98. The fourth-order valence-corrected chi connectivity index (χ4v) is 4.66. The van der Waals surface area contributed by atoms with Crippen molar-refractivity contribution in [3.05, 3.63) is 119 Å². The van der Waals surface area contributed by atoms with Gasteiger partial charge in [0, 0.05) is 11.1 Å². The van der Waals surface area contributed by atoms with E-state index in [2.05, 4.69) is 0 Å². The molecule has 190 valence electrons. The van der Waals surface area contributed by atoms with Crippen LogP contribution in [-0.2, 0) is 17.6 Å². The van der Waals surface area contributed by atoms with Crippen molar-refractivity contribution in [3.63, 3.8) is 0 Å². The average molecular weight is 503 g/mol. The van der Waals surface area contributed by atoms with Crippen molar-refractivity contribution in [2.75, 3.05) is 6.61 Å². The van der Waals surface area contributed by atoms with Gasteiger partial charge in [-0.15, -0.1) is 0 Å². The second-order valence-electron chi connectivity index (χ2n) is 9.58. The molecule has 4 aromatic carbocycles. The summed E-state index contributed by atoms with van der Waals surface area (Å²) in [5, 5.41) is 10.1. The normalized spacial score (nSPS) is 15.5. The summed E-state index contributed by atoms with van der Waals surface area (Å²) in [4.78, 5) is 0. The van der Waals surface area contributed by atoms with Crippen LogP contribution in [0.5, 0.6) is 0 Å². The van der Waals surface area contributed by atoms with Gasteiger partial charge in [0.2, 0.25) is 0 Å². The lowest BCUT2D eigenvalue weighted by atomic mass is 9.96. The predicted molar refractivity (Wildman–Crippen MR) is 140 cm³/mol. The Kier molecular flexibility index (Phi) is 7.45. The molecule has 4 aromatic rings. The van der Waals surface area contributed by atoms with Crippen LogP contribution in [0.25, 0.3) is 22.3 Å². The van der Waals surface area contributed by atoms with E-state index in [1.807, 2.05) is 25.1 Å². The zero-order chi connectivity index (χ0) is 25.9. The second-order valence-corrected chi connectivity index (χ2v) is 9.58. The largest absolute Gasteiger partial charge is 0.388 e. The van der Waals surface area contributed by atoms with Gasteiger partial charge in [0.1, 0.15) is 11.9 Å². The third kappa shape index (κ3) is 5.63. The first-order valence-electron chi connectivity index (χ1n) is 12.7. The minimum atomic E-state index is -0.904. The maximum absolute atomic E-state index is 15.1. The van der Waals surface area contributed by atoms with Gasteiger partial charge in [-0.2, -0.15) is 0 Å².